The summed E-state index contributed by atoms with van der Waals surface area (Å²) >= 11 is 0. The van der Waals surface area contributed by atoms with Crippen molar-refractivity contribution < 1.29 is 9.59 Å². The summed E-state index contributed by atoms with van der Waals surface area (Å²) in [6, 6.07) is 20.2. The highest BCUT2D eigenvalue weighted by molar-refractivity contribution is 6.15. The van der Waals surface area contributed by atoms with E-state index in [2.05, 4.69) is 35.8 Å². The van der Waals surface area contributed by atoms with Gasteiger partial charge in [0.25, 0.3) is 0 Å². The molecule has 1 fully saturated rings. The molecule has 5 rings (SSSR count). The van der Waals surface area contributed by atoms with Gasteiger partial charge in [0, 0.05) is 52.3 Å². The van der Waals surface area contributed by atoms with Gasteiger partial charge in [-0.05, 0) is 61.2 Å². The van der Waals surface area contributed by atoms with Crippen molar-refractivity contribution in [1.82, 2.24) is 4.57 Å². The first-order valence-electron chi connectivity index (χ1n) is 12.7. The van der Waals surface area contributed by atoms with Crippen molar-refractivity contribution in [3.05, 3.63) is 82.9 Å². The number of rotatable bonds is 7. The van der Waals surface area contributed by atoms with Crippen molar-refractivity contribution in [3.63, 3.8) is 0 Å². The van der Waals surface area contributed by atoms with Crippen LogP contribution in [0.5, 0.6) is 0 Å². The molecule has 0 amide bonds. The van der Waals surface area contributed by atoms with Crippen LogP contribution in [0.3, 0.4) is 0 Å². The number of fused-ring (bicyclic) bond motifs is 3. The van der Waals surface area contributed by atoms with Gasteiger partial charge < -0.3 is 4.57 Å². The number of nitrogens with zero attached hydrogens (tertiary/aromatic N) is 1. The molecule has 34 heavy (non-hydrogen) atoms. The minimum absolute atomic E-state index is 0.0520. The van der Waals surface area contributed by atoms with E-state index in [9.17, 15) is 9.59 Å². The monoisotopic (exact) mass is 451 g/mol. The van der Waals surface area contributed by atoms with E-state index in [-0.39, 0.29) is 5.78 Å². The van der Waals surface area contributed by atoms with Crippen LogP contribution in [0.1, 0.15) is 72.5 Å². The first-order chi connectivity index (χ1) is 16.5. The zero-order valence-electron chi connectivity index (χ0n) is 20.3. The Morgan fingerprint density at radius 3 is 2.32 bits per heavy atom. The topological polar surface area (TPSA) is 39.1 Å². The Balaban J connectivity index is 1.50. The van der Waals surface area contributed by atoms with Crippen molar-refractivity contribution in [2.24, 2.45) is 5.92 Å². The van der Waals surface area contributed by atoms with Gasteiger partial charge in [-0.15, -0.1) is 0 Å². The van der Waals surface area contributed by atoms with Crippen LogP contribution in [-0.4, -0.2) is 16.1 Å². The second-order valence-corrected chi connectivity index (χ2v) is 9.90. The lowest BCUT2D eigenvalue weighted by Gasteiger charge is -2.20. The van der Waals surface area contributed by atoms with Crippen LogP contribution >= 0.6 is 0 Å². The van der Waals surface area contributed by atoms with Crippen LogP contribution in [0.4, 0.5) is 0 Å². The Kier molecular flexibility index (Phi) is 6.36. The van der Waals surface area contributed by atoms with Crippen molar-refractivity contribution >= 4 is 33.4 Å². The summed E-state index contributed by atoms with van der Waals surface area (Å²) in [7, 11) is 0. The van der Waals surface area contributed by atoms with Gasteiger partial charge in [0.05, 0.1) is 0 Å². The summed E-state index contributed by atoms with van der Waals surface area (Å²) in [5, 5.41) is 2.21. The minimum atomic E-state index is 0.0520. The molecule has 0 saturated heterocycles. The Morgan fingerprint density at radius 2 is 1.59 bits per heavy atom. The van der Waals surface area contributed by atoms with Crippen molar-refractivity contribution in [2.75, 3.05) is 0 Å². The predicted octanol–water partition coefficient (Wildman–Crippen LogP) is 7.44. The summed E-state index contributed by atoms with van der Waals surface area (Å²) in [5.41, 5.74) is 5.79. The quantitative estimate of drug-likeness (QED) is 0.274. The molecule has 174 valence electrons. The van der Waals surface area contributed by atoms with E-state index in [0.717, 1.165) is 45.0 Å². The standard InChI is InChI=1S/C31H33NO2/c1-3-32-29-15-13-23(18-25(33)17-22-10-5-4-6-11-22)19-27(29)28-20-24(14-16-30(28)32)31(34)26-12-8-7-9-21(26)2/h7-9,12-16,19-20,22H,3-6,10-11,17-18H2,1-2H3. The van der Waals surface area contributed by atoms with Gasteiger partial charge in [0.1, 0.15) is 5.78 Å². The third kappa shape index (κ3) is 4.32. The summed E-state index contributed by atoms with van der Waals surface area (Å²) in [6.45, 7) is 4.98. The molecule has 0 aliphatic heterocycles. The molecule has 0 unspecified atom stereocenters. The maximum Gasteiger partial charge on any atom is 0.193 e. The molecule has 1 aromatic heterocycles. The van der Waals surface area contributed by atoms with E-state index in [4.69, 9.17) is 0 Å². The first-order valence-corrected chi connectivity index (χ1v) is 12.7. The summed E-state index contributed by atoms with van der Waals surface area (Å²) < 4.78 is 2.29. The molecule has 3 nitrogen and oxygen atoms in total. The molecule has 3 aromatic carbocycles. The molecule has 1 heterocycles. The molecule has 0 atom stereocenters. The Labute approximate surface area is 201 Å². The average molecular weight is 452 g/mol. The summed E-state index contributed by atoms with van der Waals surface area (Å²) in [4.78, 5) is 26.1. The van der Waals surface area contributed by atoms with E-state index < -0.39 is 0 Å². The van der Waals surface area contributed by atoms with Gasteiger partial charge in [-0.2, -0.15) is 0 Å². The zero-order chi connectivity index (χ0) is 23.7. The second-order valence-electron chi connectivity index (χ2n) is 9.90. The minimum Gasteiger partial charge on any atom is -0.341 e. The van der Waals surface area contributed by atoms with Gasteiger partial charge in [0.15, 0.2) is 5.78 Å². The van der Waals surface area contributed by atoms with Crippen LogP contribution < -0.4 is 0 Å². The Morgan fingerprint density at radius 1 is 0.882 bits per heavy atom. The van der Waals surface area contributed by atoms with Crippen LogP contribution in [0, 0.1) is 12.8 Å². The van der Waals surface area contributed by atoms with E-state index in [1.54, 1.807) is 0 Å². The third-order valence-electron chi connectivity index (χ3n) is 7.54. The van der Waals surface area contributed by atoms with Gasteiger partial charge in [-0.1, -0.05) is 62.4 Å². The van der Waals surface area contributed by atoms with E-state index >= 15 is 0 Å². The molecule has 0 bridgehead atoms. The highest BCUT2D eigenvalue weighted by atomic mass is 16.1. The fourth-order valence-corrected chi connectivity index (χ4v) is 5.74. The van der Waals surface area contributed by atoms with E-state index in [0.29, 0.717) is 30.1 Å². The molecule has 0 N–H and O–H groups in total. The second kappa shape index (κ2) is 9.58. The largest absolute Gasteiger partial charge is 0.341 e. The molecule has 4 aromatic rings. The number of aryl methyl sites for hydroxylation is 2. The molecule has 3 heteroatoms. The van der Waals surface area contributed by atoms with Crippen molar-refractivity contribution in [3.8, 4) is 0 Å². The van der Waals surface area contributed by atoms with Crippen molar-refractivity contribution in [2.45, 2.75) is 65.3 Å². The normalized spacial score (nSPS) is 14.6. The number of hydrogen-bond donors (Lipinski definition) is 0. The van der Waals surface area contributed by atoms with Crippen LogP contribution in [0.2, 0.25) is 0 Å². The SMILES string of the molecule is CCn1c2ccc(CC(=O)CC3CCCCC3)cc2c2cc(C(=O)c3ccccc3C)ccc21. The maximum absolute atomic E-state index is 13.3. The highest BCUT2D eigenvalue weighted by Gasteiger charge is 2.19. The number of benzene rings is 3. The van der Waals surface area contributed by atoms with Gasteiger partial charge in [-0.3, -0.25) is 9.59 Å². The molecule has 0 radical (unpaired) electrons. The molecular weight excluding hydrogens is 418 g/mol. The van der Waals surface area contributed by atoms with E-state index in [1.165, 1.54) is 32.1 Å². The van der Waals surface area contributed by atoms with Gasteiger partial charge in [0.2, 0.25) is 0 Å². The average Bonchev–Trinajstić information content (AvgIpc) is 3.16. The number of carbonyl (C=O) groups is 2. The molecule has 0 spiro atoms. The van der Waals surface area contributed by atoms with Crippen LogP contribution in [-0.2, 0) is 17.8 Å². The fourth-order valence-electron chi connectivity index (χ4n) is 5.74. The highest BCUT2D eigenvalue weighted by Crippen LogP contribution is 2.32. The number of aromatic nitrogens is 1. The van der Waals surface area contributed by atoms with Crippen LogP contribution in [0.25, 0.3) is 21.8 Å². The lowest BCUT2D eigenvalue weighted by molar-refractivity contribution is -0.119. The molecule has 1 aliphatic rings. The maximum atomic E-state index is 13.3. The number of carbonyl (C=O) groups excluding carboxylic acids is 2. The van der Waals surface area contributed by atoms with Gasteiger partial charge >= 0.3 is 0 Å². The Hall–Kier alpha value is -3.20. The van der Waals surface area contributed by atoms with Gasteiger partial charge in [-0.25, -0.2) is 0 Å². The van der Waals surface area contributed by atoms with E-state index in [1.807, 2.05) is 43.3 Å². The molecule has 1 saturated carbocycles. The molecular formula is C31H33NO2. The van der Waals surface area contributed by atoms with Crippen LogP contribution in [0.15, 0.2) is 60.7 Å². The number of ketones is 2. The smallest absolute Gasteiger partial charge is 0.193 e. The number of Topliss-reactive ketones (excluding diaryl/α,β-unsaturated/α-hetero) is 1. The summed E-state index contributed by atoms with van der Waals surface area (Å²) in [5.74, 6) is 0.971. The first kappa shape index (κ1) is 22.6. The lowest BCUT2D eigenvalue weighted by atomic mass is 9.85. The fraction of sp³-hybridized carbons (Fsp3) is 0.355. The predicted molar refractivity (Wildman–Crippen MR) is 140 cm³/mol. The zero-order valence-corrected chi connectivity index (χ0v) is 20.3. The summed E-state index contributed by atoms with van der Waals surface area (Å²) in [6.07, 6.45) is 7.46. The lowest BCUT2D eigenvalue weighted by Crippen LogP contribution is -2.13. The van der Waals surface area contributed by atoms with Crippen molar-refractivity contribution in [1.29, 1.82) is 0 Å². The molecule has 1 aliphatic carbocycles. The number of hydrogen-bond acceptors (Lipinski definition) is 2. The third-order valence-corrected chi connectivity index (χ3v) is 7.54. The Bertz CT molecular complexity index is 1370.